The number of carbonyl (C=O) groups is 1. The SMILES string of the molecule is Cc1c2cnccc2c(C)c2c1c1ccccc1n2CC(=O)O. The van der Waals surface area contributed by atoms with Crippen LogP contribution in [0.3, 0.4) is 0 Å². The number of hydrogen-bond acceptors (Lipinski definition) is 2. The Bertz CT molecular complexity index is 1090. The molecule has 1 N–H and O–H groups in total. The van der Waals surface area contributed by atoms with E-state index in [1.807, 2.05) is 35.0 Å². The van der Waals surface area contributed by atoms with E-state index in [0.717, 1.165) is 43.7 Å². The number of para-hydroxylation sites is 1. The minimum absolute atomic E-state index is 0.0408. The number of carboxylic acids is 1. The van der Waals surface area contributed by atoms with Gasteiger partial charge in [0.1, 0.15) is 6.54 Å². The van der Waals surface area contributed by atoms with Crippen LogP contribution in [0, 0.1) is 13.8 Å². The zero-order chi connectivity index (χ0) is 16.1. The molecule has 23 heavy (non-hydrogen) atoms. The number of aryl methyl sites for hydroxylation is 2. The number of nitrogens with zero attached hydrogens (tertiary/aromatic N) is 2. The van der Waals surface area contributed by atoms with Gasteiger partial charge in [-0.3, -0.25) is 9.78 Å². The van der Waals surface area contributed by atoms with E-state index < -0.39 is 5.97 Å². The number of carboxylic acid groups (broad SMARTS) is 1. The molecule has 114 valence electrons. The molecule has 4 nitrogen and oxygen atoms in total. The Morgan fingerprint density at radius 1 is 1.09 bits per heavy atom. The van der Waals surface area contributed by atoms with Gasteiger partial charge in [0.2, 0.25) is 0 Å². The molecule has 0 saturated carbocycles. The smallest absolute Gasteiger partial charge is 0.323 e. The Morgan fingerprint density at radius 2 is 1.87 bits per heavy atom. The van der Waals surface area contributed by atoms with Gasteiger partial charge in [-0.25, -0.2) is 0 Å². The molecule has 0 spiro atoms. The fourth-order valence-electron chi connectivity index (χ4n) is 3.65. The first-order valence-electron chi connectivity index (χ1n) is 7.55. The predicted octanol–water partition coefficient (Wildman–Crippen LogP) is 4.04. The molecule has 0 radical (unpaired) electrons. The number of hydrogen-bond donors (Lipinski definition) is 1. The number of aliphatic carboxylic acids is 1. The first-order valence-corrected chi connectivity index (χ1v) is 7.55. The molecule has 0 aliphatic heterocycles. The molecule has 0 atom stereocenters. The molecule has 4 heteroatoms. The molecule has 0 fully saturated rings. The van der Waals surface area contributed by atoms with Crippen LogP contribution >= 0.6 is 0 Å². The van der Waals surface area contributed by atoms with E-state index in [2.05, 4.69) is 24.9 Å². The number of aromatic nitrogens is 2. The molecule has 2 aromatic carbocycles. The predicted molar refractivity (Wildman–Crippen MR) is 91.9 cm³/mol. The van der Waals surface area contributed by atoms with Crippen LogP contribution < -0.4 is 0 Å². The van der Waals surface area contributed by atoms with Gasteiger partial charge in [-0.05, 0) is 42.5 Å². The normalized spacial score (nSPS) is 11.6. The van der Waals surface area contributed by atoms with Crippen molar-refractivity contribution in [1.29, 1.82) is 0 Å². The molecule has 0 amide bonds. The molecular formula is C19H16N2O2. The van der Waals surface area contributed by atoms with Gasteiger partial charge in [0.05, 0.1) is 5.52 Å². The summed E-state index contributed by atoms with van der Waals surface area (Å²) in [7, 11) is 0. The highest BCUT2D eigenvalue weighted by atomic mass is 16.4. The van der Waals surface area contributed by atoms with Crippen molar-refractivity contribution in [3.63, 3.8) is 0 Å². The number of benzene rings is 2. The Balaban J connectivity index is 2.33. The summed E-state index contributed by atoms with van der Waals surface area (Å²) in [6.45, 7) is 4.10. The molecule has 2 aromatic heterocycles. The maximum absolute atomic E-state index is 11.4. The lowest BCUT2D eigenvalue weighted by molar-refractivity contribution is -0.137. The quantitative estimate of drug-likeness (QED) is 0.608. The monoisotopic (exact) mass is 304 g/mol. The van der Waals surface area contributed by atoms with Crippen molar-refractivity contribution in [2.45, 2.75) is 20.4 Å². The molecule has 0 bridgehead atoms. The molecule has 0 unspecified atom stereocenters. The largest absolute Gasteiger partial charge is 0.480 e. The van der Waals surface area contributed by atoms with E-state index in [1.54, 1.807) is 6.20 Å². The van der Waals surface area contributed by atoms with Gasteiger partial charge in [-0.2, -0.15) is 0 Å². The summed E-state index contributed by atoms with van der Waals surface area (Å²) in [5.74, 6) is -0.834. The summed E-state index contributed by atoms with van der Waals surface area (Å²) in [6, 6.07) is 9.99. The van der Waals surface area contributed by atoms with E-state index in [0.29, 0.717) is 0 Å². The van der Waals surface area contributed by atoms with Crippen molar-refractivity contribution in [1.82, 2.24) is 9.55 Å². The van der Waals surface area contributed by atoms with Crippen LogP contribution in [-0.2, 0) is 11.3 Å². The summed E-state index contributed by atoms with van der Waals surface area (Å²) in [6.07, 6.45) is 3.67. The minimum atomic E-state index is -0.834. The van der Waals surface area contributed by atoms with Crippen LogP contribution in [0.2, 0.25) is 0 Å². The average molecular weight is 304 g/mol. The highest BCUT2D eigenvalue weighted by Crippen LogP contribution is 2.38. The second kappa shape index (κ2) is 4.81. The van der Waals surface area contributed by atoms with Crippen molar-refractivity contribution in [2.75, 3.05) is 0 Å². The average Bonchev–Trinajstić information content (AvgIpc) is 2.87. The van der Waals surface area contributed by atoms with E-state index >= 15 is 0 Å². The fraction of sp³-hybridized carbons (Fsp3) is 0.158. The summed E-state index contributed by atoms with van der Waals surface area (Å²) in [5.41, 5.74) is 4.21. The van der Waals surface area contributed by atoms with Crippen LogP contribution in [0.1, 0.15) is 11.1 Å². The first-order chi connectivity index (χ1) is 11.1. The van der Waals surface area contributed by atoms with Gasteiger partial charge in [0, 0.05) is 34.1 Å². The van der Waals surface area contributed by atoms with Crippen molar-refractivity contribution in [3.8, 4) is 0 Å². The molecule has 0 saturated heterocycles. The van der Waals surface area contributed by atoms with Gasteiger partial charge in [0.15, 0.2) is 0 Å². The summed E-state index contributed by atoms with van der Waals surface area (Å²) >= 11 is 0. The molecule has 4 aromatic rings. The molecule has 0 aliphatic carbocycles. The third-order valence-corrected chi connectivity index (χ3v) is 4.62. The topological polar surface area (TPSA) is 55.1 Å². The third kappa shape index (κ3) is 1.84. The summed E-state index contributed by atoms with van der Waals surface area (Å²) < 4.78 is 1.91. The van der Waals surface area contributed by atoms with E-state index in [4.69, 9.17) is 0 Å². The highest BCUT2D eigenvalue weighted by Gasteiger charge is 2.18. The van der Waals surface area contributed by atoms with Crippen molar-refractivity contribution in [3.05, 3.63) is 53.9 Å². The molecule has 2 heterocycles. The zero-order valence-electron chi connectivity index (χ0n) is 13.0. The summed E-state index contributed by atoms with van der Waals surface area (Å²) in [4.78, 5) is 15.6. The van der Waals surface area contributed by atoms with Crippen molar-refractivity contribution < 1.29 is 9.90 Å². The van der Waals surface area contributed by atoms with Gasteiger partial charge in [-0.15, -0.1) is 0 Å². The van der Waals surface area contributed by atoms with Gasteiger partial charge in [0.25, 0.3) is 0 Å². The number of pyridine rings is 1. The van der Waals surface area contributed by atoms with Crippen LogP contribution in [0.5, 0.6) is 0 Å². The van der Waals surface area contributed by atoms with Gasteiger partial charge < -0.3 is 9.67 Å². The lowest BCUT2D eigenvalue weighted by atomic mass is 9.97. The Hall–Kier alpha value is -2.88. The second-order valence-electron chi connectivity index (χ2n) is 5.89. The van der Waals surface area contributed by atoms with E-state index in [1.165, 1.54) is 0 Å². The number of rotatable bonds is 2. The van der Waals surface area contributed by atoms with Crippen LogP contribution in [-0.4, -0.2) is 20.6 Å². The molecule has 4 rings (SSSR count). The molecular weight excluding hydrogens is 288 g/mol. The lowest BCUT2D eigenvalue weighted by Gasteiger charge is -2.11. The fourth-order valence-corrected chi connectivity index (χ4v) is 3.65. The van der Waals surface area contributed by atoms with E-state index in [9.17, 15) is 9.90 Å². The minimum Gasteiger partial charge on any atom is -0.480 e. The highest BCUT2D eigenvalue weighted by molar-refractivity contribution is 6.17. The Labute approximate surface area is 133 Å². The first kappa shape index (κ1) is 13.8. The lowest BCUT2D eigenvalue weighted by Crippen LogP contribution is -2.09. The Kier molecular flexibility index (Phi) is 2.88. The summed E-state index contributed by atoms with van der Waals surface area (Å²) in [5, 5.41) is 13.8. The van der Waals surface area contributed by atoms with Crippen molar-refractivity contribution in [2.24, 2.45) is 0 Å². The number of fused-ring (bicyclic) bond motifs is 4. The van der Waals surface area contributed by atoms with Crippen LogP contribution in [0.4, 0.5) is 0 Å². The van der Waals surface area contributed by atoms with E-state index in [-0.39, 0.29) is 6.54 Å². The van der Waals surface area contributed by atoms with Crippen LogP contribution in [0.25, 0.3) is 32.6 Å². The standard InChI is InChI=1S/C19H16N2O2/c1-11-15-9-20-8-7-13(15)12(2)19-18(11)14-5-3-4-6-16(14)21(19)10-17(22)23/h3-9H,10H2,1-2H3,(H,22,23). The Morgan fingerprint density at radius 3 is 2.65 bits per heavy atom. The van der Waals surface area contributed by atoms with Gasteiger partial charge >= 0.3 is 5.97 Å². The zero-order valence-corrected chi connectivity index (χ0v) is 13.0. The second-order valence-corrected chi connectivity index (χ2v) is 5.89. The maximum atomic E-state index is 11.4. The van der Waals surface area contributed by atoms with Crippen molar-refractivity contribution >= 4 is 38.5 Å². The van der Waals surface area contributed by atoms with Crippen LogP contribution in [0.15, 0.2) is 42.7 Å². The third-order valence-electron chi connectivity index (χ3n) is 4.62. The maximum Gasteiger partial charge on any atom is 0.323 e. The molecule has 0 aliphatic rings. The van der Waals surface area contributed by atoms with Gasteiger partial charge in [-0.1, -0.05) is 18.2 Å².